The lowest BCUT2D eigenvalue weighted by atomic mass is 10.1. The van der Waals surface area contributed by atoms with E-state index in [1.807, 2.05) is 6.92 Å². The van der Waals surface area contributed by atoms with Crippen molar-refractivity contribution >= 4 is 6.03 Å². The summed E-state index contributed by atoms with van der Waals surface area (Å²) >= 11 is 0. The molecule has 7 nitrogen and oxygen atoms in total. The van der Waals surface area contributed by atoms with Crippen LogP contribution in [-0.4, -0.2) is 35.6 Å². The number of hydrogen-bond donors (Lipinski definition) is 0. The highest BCUT2D eigenvalue weighted by Gasteiger charge is 2.17. The van der Waals surface area contributed by atoms with Gasteiger partial charge in [-0.25, -0.2) is 14.8 Å². The van der Waals surface area contributed by atoms with Gasteiger partial charge in [-0.2, -0.15) is 14.5 Å². The maximum atomic E-state index is 12.1. The minimum atomic E-state index is -0.355. The number of aryl methyl sites for hydroxylation is 1. The summed E-state index contributed by atoms with van der Waals surface area (Å²) in [5.74, 6) is 1.79. The van der Waals surface area contributed by atoms with Crippen LogP contribution in [-0.2, 0) is 12.8 Å². The van der Waals surface area contributed by atoms with Crippen molar-refractivity contribution in [3.8, 4) is 0 Å². The monoisotopic (exact) mass is 248 g/mol. The predicted molar refractivity (Wildman–Crippen MR) is 64.2 cm³/mol. The van der Waals surface area contributed by atoms with Crippen molar-refractivity contribution in [2.45, 2.75) is 33.6 Å². The van der Waals surface area contributed by atoms with Gasteiger partial charge in [0.05, 0.1) is 0 Å². The third-order valence-electron chi connectivity index (χ3n) is 2.42. The first-order chi connectivity index (χ1) is 8.61. The molecule has 0 radical (unpaired) electrons. The van der Waals surface area contributed by atoms with Crippen LogP contribution in [0.3, 0.4) is 0 Å². The molecule has 0 spiro atoms. The van der Waals surface area contributed by atoms with Crippen LogP contribution < -0.4 is 0 Å². The van der Waals surface area contributed by atoms with E-state index in [1.165, 1.54) is 17.3 Å². The molecule has 2 aromatic rings. The van der Waals surface area contributed by atoms with Crippen molar-refractivity contribution in [2.24, 2.45) is 5.92 Å². The Labute approximate surface area is 105 Å². The topological polar surface area (TPSA) is 78.5 Å². The molecule has 18 heavy (non-hydrogen) atoms. The molecule has 0 N–H and O–H groups in total. The Morgan fingerprint density at radius 2 is 2.22 bits per heavy atom. The fraction of sp³-hybridized carbons (Fsp3) is 0.545. The average molecular weight is 248 g/mol. The van der Waals surface area contributed by atoms with Crippen molar-refractivity contribution in [3.05, 3.63) is 24.3 Å². The van der Waals surface area contributed by atoms with Gasteiger partial charge in [-0.15, -0.1) is 5.10 Å². The Bertz CT molecular complexity index is 528. The van der Waals surface area contributed by atoms with E-state index in [1.54, 1.807) is 0 Å². The SMILES string of the molecule is CCc1nc(CC(C)C)nn1C(=O)n1cncn1. The first kappa shape index (κ1) is 12.4. The molecule has 0 unspecified atom stereocenters. The first-order valence-electron chi connectivity index (χ1n) is 5.96. The van der Waals surface area contributed by atoms with E-state index in [4.69, 9.17) is 0 Å². The van der Waals surface area contributed by atoms with E-state index >= 15 is 0 Å². The summed E-state index contributed by atoms with van der Waals surface area (Å²) in [5.41, 5.74) is 0. The summed E-state index contributed by atoms with van der Waals surface area (Å²) < 4.78 is 2.44. The Morgan fingerprint density at radius 3 is 2.78 bits per heavy atom. The molecule has 0 bridgehead atoms. The van der Waals surface area contributed by atoms with Gasteiger partial charge in [-0.1, -0.05) is 20.8 Å². The molecule has 0 saturated heterocycles. The molecular weight excluding hydrogens is 232 g/mol. The van der Waals surface area contributed by atoms with Gasteiger partial charge in [0.1, 0.15) is 18.5 Å². The Morgan fingerprint density at radius 1 is 1.44 bits per heavy atom. The molecule has 2 heterocycles. The molecule has 0 aliphatic heterocycles. The quantitative estimate of drug-likeness (QED) is 0.814. The third kappa shape index (κ3) is 2.44. The Balaban J connectivity index is 2.32. The molecule has 7 heteroatoms. The van der Waals surface area contributed by atoms with Crippen LogP contribution >= 0.6 is 0 Å². The third-order valence-corrected chi connectivity index (χ3v) is 2.42. The van der Waals surface area contributed by atoms with Crippen LogP contribution in [0.4, 0.5) is 4.79 Å². The molecule has 2 rings (SSSR count). The van der Waals surface area contributed by atoms with E-state index < -0.39 is 0 Å². The van der Waals surface area contributed by atoms with Gasteiger partial charge in [-0.05, 0) is 5.92 Å². The minimum absolute atomic E-state index is 0.355. The van der Waals surface area contributed by atoms with Crippen LogP contribution in [0.25, 0.3) is 0 Å². The molecule has 0 atom stereocenters. The van der Waals surface area contributed by atoms with Gasteiger partial charge >= 0.3 is 6.03 Å². The molecule has 96 valence electrons. The highest BCUT2D eigenvalue weighted by molar-refractivity contribution is 5.77. The van der Waals surface area contributed by atoms with Crippen molar-refractivity contribution in [1.29, 1.82) is 0 Å². The van der Waals surface area contributed by atoms with Crippen molar-refractivity contribution in [3.63, 3.8) is 0 Å². The second-order valence-electron chi connectivity index (χ2n) is 4.43. The Hall–Kier alpha value is -2.05. The van der Waals surface area contributed by atoms with E-state index in [9.17, 15) is 4.79 Å². The summed E-state index contributed by atoms with van der Waals surface area (Å²) in [7, 11) is 0. The number of hydrogen-bond acceptors (Lipinski definition) is 5. The van der Waals surface area contributed by atoms with Gasteiger partial charge in [-0.3, -0.25) is 0 Å². The van der Waals surface area contributed by atoms with Crippen molar-refractivity contribution in [1.82, 2.24) is 29.5 Å². The number of carbonyl (C=O) groups is 1. The molecule has 0 fully saturated rings. The zero-order chi connectivity index (χ0) is 13.1. The van der Waals surface area contributed by atoms with E-state index in [0.717, 1.165) is 11.1 Å². The lowest BCUT2D eigenvalue weighted by Crippen LogP contribution is -2.23. The maximum Gasteiger partial charge on any atom is 0.372 e. The van der Waals surface area contributed by atoms with Gasteiger partial charge in [0.15, 0.2) is 5.82 Å². The fourth-order valence-corrected chi connectivity index (χ4v) is 1.63. The summed E-state index contributed by atoms with van der Waals surface area (Å²) in [6.07, 6.45) is 4.07. The number of nitrogens with zero attached hydrogens (tertiary/aromatic N) is 6. The second-order valence-corrected chi connectivity index (χ2v) is 4.43. The van der Waals surface area contributed by atoms with E-state index in [0.29, 0.717) is 24.0 Å². The summed E-state index contributed by atoms with van der Waals surface area (Å²) in [6.45, 7) is 6.12. The molecule has 2 aromatic heterocycles. The summed E-state index contributed by atoms with van der Waals surface area (Å²) in [4.78, 5) is 20.2. The number of aromatic nitrogens is 6. The lowest BCUT2D eigenvalue weighted by Gasteiger charge is -2.01. The zero-order valence-corrected chi connectivity index (χ0v) is 10.7. The van der Waals surface area contributed by atoms with E-state index in [-0.39, 0.29) is 6.03 Å². The molecular formula is C11H16N6O. The Kier molecular flexibility index (Phi) is 3.50. The van der Waals surface area contributed by atoms with Crippen LogP contribution in [0.5, 0.6) is 0 Å². The molecule has 0 aromatic carbocycles. The molecule has 0 aliphatic rings. The lowest BCUT2D eigenvalue weighted by molar-refractivity contribution is 0.237. The van der Waals surface area contributed by atoms with Crippen molar-refractivity contribution < 1.29 is 4.79 Å². The highest BCUT2D eigenvalue weighted by atomic mass is 16.2. The van der Waals surface area contributed by atoms with Gasteiger partial charge in [0.25, 0.3) is 0 Å². The second kappa shape index (κ2) is 5.07. The number of carbonyl (C=O) groups excluding carboxylic acids is 1. The summed E-state index contributed by atoms with van der Waals surface area (Å²) in [6, 6.07) is -0.355. The predicted octanol–water partition coefficient (Wildman–Crippen LogP) is 1.15. The molecule has 0 saturated carbocycles. The molecule has 0 amide bonds. The fourth-order valence-electron chi connectivity index (χ4n) is 1.63. The van der Waals surface area contributed by atoms with Gasteiger partial charge in [0.2, 0.25) is 0 Å². The average Bonchev–Trinajstić information content (AvgIpc) is 2.95. The zero-order valence-electron chi connectivity index (χ0n) is 10.7. The van der Waals surface area contributed by atoms with Gasteiger partial charge < -0.3 is 0 Å². The van der Waals surface area contributed by atoms with Crippen LogP contribution in [0, 0.1) is 5.92 Å². The van der Waals surface area contributed by atoms with Crippen LogP contribution in [0.1, 0.15) is 32.4 Å². The molecule has 0 aliphatic carbocycles. The largest absolute Gasteiger partial charge is 0.372 e. The maximum absolute atomic E-state index is 12.1. The van der Waals surface area contributed by atoms with E-state index in [2.05, 4.69) is 34.0 Å². The normalized spacial score (nSPS) is 11.1. The smallest absolute Gasteiger partial charge is 0.243 e. The van der Waals surface area contributed by atoms with Crippen LogP contribution in [0.2, 0.25) is 0 Å². The summed E-state index contributed by atoms with van der Waals surface area (Å²) in [5, 5.41) is 8.05. The first-order valence-corrected chi connectivity index (χ1v) is 5.96. The highest BCUT2D eigenvalue weighted by Crippen LogP contribution is 2.06. The standard InChI is InChI=1S/C11H16N6O/c1-4-10-14-9(5-8(2)3)15-17(10)11(18)16-7-12-6-13-16/h6-8H,4-5H2,1-3H3. The van der Waals surface area contributed by atoms with Crippen LogP contribution in [0.15, 0.2) is 12.7 Å². The van der Waals surface area contributed by atoms with Gasteiger partial charge in [0, 0.05) is 12.8 Å². The number of rotatable bonds is 3. The minimum Gasteiger partial charge on any atom is -0.243 e. The van der Waals surface area contributed by atoms with Crippen molar-refractivity contribution in [2.75, 3.05) is 0 Å².